The van der Waals surface area contributed by atoms with Gasteiger partial charge in [-0.2, -0.15) is 8.42 Å². The first-order valence-electron chi connectivity index (χ1n) is 9.97. The highest BCUT2D eigenvalue weighted by molar-refractivity contribution is 7.86. The zero-order chi connectivity index (χ0) is 23.1. The molecule has 0 aliphatic heterocycles. The summed E-state index contributed by atoms with van der Waals surface area (Å²) in [6.45, 7) is 6.91. The number of Topliss-reactive ketones (excluding diaryl/α,β-unsaturated/α-hetero) is 1. The zero-order valence-corrected chi connectivity index (χ0v) is 18.9. The van der Waals surface area contributed by atoms with Crippen LogP contribution in [-0.2, 0) is 19.2 Å². The predicted molar refractivity (Wildman–Crippen MR) is 122 cm³/mol. The fourth-order valence-electron chi connectivity index (χ4n) is 3.08. The minimum atomic E-state index is -4.23. The van der Waals surface area contributed by atoms with Crippen LogP contribution in [-0.4, -0.2) is 24.9 Å². The molecular weight excluding hydrogens is 428 g/mol. The number of hydrogen-bond acceptors (Lipinski definition) is 7. The maximum absolute atomic E-state index is 13.1. The number of ketones is 1. The third-order valence-corrected chi connectivity index (χ3v) is 6.01. The monoisotopic (exact) mass is 450 g/mol. The molecule has 0 N–H and O–H groups in total. The highest BCUT2D eigenvalue weighted by atomic mass is 32.2. The van der Waals surface area contributed by atoms with Crippen LogP contribution in [0, 0.1) is 12.3 Å². The van der Waals surface area contributed by atoms with Gasteiger partial charge in [0.1, 0.15) is 10.4 Å². The number of carbonyl (C=O) groups is 1. The van der Waals surface area contributed by atoms with Gasteiger partial charge in [-0.25, -0.2) is 4.98 Å². The Bertz CT molecular complexity index is 1410. The Kier molecular flexibility index (Phi) is 5.34. The van der Waals surface area contributed by atoms with Gasteiger partial charge in [-0.15, -0.1) is 0 Å². The molecule has 1 heterocycles. The first kappa shape index (κ1) is 21.7. The van der Waals surface area contributed by atoms with E-state index in [-0.39, 0.29) is 16.5 Å². The number of aromatic nitrogens is 1. The van der Waals surface area contributed by atoms with Gasteiger partial charge in [0.2, 0.25) is 5.71 Å². The standard InChI is InChI=1S/C24H22N2O5S/c1-15-9-11-18(12-10-15)32(28,29)31-26-21(22(27)24(2,3)4)23-25-19-13-16-7-5-6-8-17(16)14-20(19)30-23/h5-14H,1-4H3. The van der Waals surface area contributed by atoms with E-state index in [9.17, 15) is 13.2 Å². The molecule has 0 aliphatic rings. The van der Waals surface area contributed by atoms with Crippen LogP contribution < -0.4 is 0 Å². The number of carbonyl (C=O) groups excluding carboxylic acids is 1. The molecule has 0 spiro atoms. The lowest BCUT2D eigenvalue weighted by Gasteiger charge is -2.15. The average molecular weight is 451 g/mol. The minimum absolute atomic E-state index is 0.0711. The molecule has 0 aliphatic carbocycles. The smallest absolute Gasteiger partial charge is 0.358 e. The van der Waals surface area contributed by atoms with E-state index in [1.54, 1.807) is 32.9 Å². The second-order valence-electron chi connectivity index (χ2n) is 8.55. The van der Waals surface area contributed by atoms with Gasteiger partial charge in [-0.1, -0.05) is 67.9 Å². The van der Waals surface area contributed by atoms with Gasteiger partial charge in [-0.3, -0.25) is 9.08 Å². The van der Waals surface area contributed by atoms with Gasteiger partial charge in [0.05, 0.1) is 0 Å². The Morgan fingerprint density at radius 2 is 1.62 bits per heavy atom. The van der Waals surface area contributed by atoms with Crippen molar-refractivity contribution in [2.45, 2.75) is 32.6 Å². The van der Waals surface area contributed by atoms with Crippen LogP contribution in [0.15, 0.2) is 75.1 Å². The fraction of sp³-hybridized carbons (Fsp3) is 0.208. The number of aryl methyl sites for hydroxylation is 1. The molecule has 1 aromatic heterocycles. The molecule has 0 saturated heterocycles. The summed E-state index contributed by atoms with van der Waals surface area (Å²) in [6.07, 6.45) is 0. The van der Waals surface area contributed by atoms with E-state index in [0.717, 1.165) is 16.3 Å². The van der Waals surface area contributed by atoms with Crippen molar-refractivity contribution in [3.63, 3.8) is 0 Å². The van der Waals surface area contributed by atoms with Gasteiger partial charge in [0.15, 0.2) is 11.4 Å². The molecule has 164 valence electrons. The molecule has 0 atom stereocenters. The number of oxime groups is 1. The molecule has 0 saturated carbocycles. The molecule has 7 nitrogen and oxygen atoms in total. The van der Waals surface area contributed by atoms with E-state index in [0.29, 0.717) is 11.1 Å². The molecule has 32 heavy (non-hydrogen) atoms. The molecule has 4 rings (SSSR count). The zero-order valence-electron chi connectivity index (χ0n) is 18.1. The van der Waals surface area contributed by atoms with Crippen LogP contribution in [0.25, 0.3) is 21.9 Å². The summed E-state index contributed by atoms with van der Waals surface area (Å²) in [4.78, 5) is 17.4. The van der Waals surface area contributed by atoms with E-state index in [4.69, 9.17) is 8.70 Å². The van der Waals surface area contributed by atoms with Crippen molar-refractivity contribution < 1.29 is 21.9 Å². The fourth-order valence-corrected chi connectivity index (χ4v) is 3.81. The molecular formula is C24H22N2O5S. The van der Waals surface area contributed by atoms with Crippen LogP contribution in [0.1, 0.15) is 32.2 Å². The molecule has 0 radical (unpaired) electrons. The van der Waals surface area contributed by atoms with Crippen LogP contribution in [0.2, 0.25) is 0 Å². The second kappa shape index (κ2) is 7.87. The highest BCUT2D eigenvalue weighted by Crippen LogP contribution is 2.26. The number of oxazole rings is 1. The topological polar surface area (TPSA) is 98.8 Å². The molecule has 4 aromatic rings. The number of benzene rings is 3. The molecule has 8 heteroatoms. The summed E-state index contributed by atoms with van der Waals surface area (Å²) in [5.74, 6) is -0.568. The maximum Gasteiger partial charge on any atom is 0.358 e. The summed E-state index contributed by atoms with van der Waals surface area (Å²) >= 11 is 0. The maximum atomic E-state index is 13.1. The van der Waals surface area contributed by atoms with Crippen molar-refractivity contribution in [3.8, 4) is 0 Å². The van der Waals surface area contributed by atoms with Crippen molar-refractivity contribution in [3.05, 3.63) is 72.1 Å². The predicted octanol–water partition coefficient (Wildman–Crippen LogP) is 5.01. The minimum Gasteiger partial charge on any atom is -0.434 e. The SMILES string of the molecule is Cc1ccc(S(=O)(=O)ON=C(C(=O)C(C)(C)C)c2nc3cc4ccccc4cc3o2)cc1. The molecule has 3 aromatic carbocycles. The van der Waals surface area contributed by atoms with E-state index in [2.05, 4.69) is 10.1 Å². The van der Waals surface area contributed by atoms with Gasteiger partial charge in [-0.05, 0) is 42.0 Å². The first-order chi connectivity index (χ1) is 15.0. The number of nitrogens with zero attached hydrogens (tertiary/aromatic N) is 2. The third kappa shape index (κ3) is 4.27. The third-order valence-electron chi connectivity index (χ3n) is 4.89. The normalized spacial score (nSPS) is 12.9. The van der Waals surface area contributed by atoms with Crippen molar-refractivity contribution in [1.82, 2.24) is 4.98 Å². The van der Waals surface area contributed by atoms with Crippen LogP contribution in [0.3, 0.4) is 0 Å². The van der Waals surface area contributed by atoms with Gasteiger partial charge in [0.25, 0.3) is 5.89 Å². The van der Waals surface area contributed by atoms with Crippen molar-refractivity contribution in [2.75, 3.05) is 0 Å². The Labute approximate surface area is 185 Å². The van der Waals surface area contributed by atoms with E-state index >= 15 is 0 Å². The van der Waals surface area contributed by atoms with Gasteiger partial charge in [0, 0.05) is 5.41 Å². The first-order valence-corrected chi connectivity index (χ1v) is 11.4. The molecule has 0 amide bonds. The molecule has 0 fully saturated rings. The molecule has 0 unspecified atom stereocenters. The second-order valence-corrected chi connectivity index (χ2v) is 10.1. The number of fused-ring (bicyclic) bond motifs is 2. The van der Waals surface area contributed by atoms with Crippen LogP contribution in [0.4, 0.5) is 0 Å². The largest absolute Gasteiger partial charge is 0.434 e. The quantitative estimate of drug-likeness (QED) is 0.313. The number of rotatable bonds is 5. The average Bonchev–Trinajstić information content (AvgIpc) is 3.14. The van der Waals surface area contributed by atoms with E-state index in [1.807, 2.05) is 43.3 Å². The Morgan fingerprint density at radius 1 is 1.00 bits per heavy atom. The van der Waals surface area contributed by atoms with Gasteiger partial charge >= 0.3 is 10.1 Å². The van der Waals surface area contributed by atoms with E-state index < -0.39 is 21.3 Å². The molecule has 0 bridgehead atoms. The lowest BCUT2D eigenvalue weighted by Crippen LogP contribution is -2.30. The van der Waals surface area contributed by atoms with Crippen molar-refractivity contribution in [1.29, 1.82) is 0 Å². The van der Waals surface area contributed by atoms with E-state index in [1.165, 1.54) is 12.1 Å². The number of hydrogen-bond donors (Lipinski definition) is 0. The Hall–Kier alpha value is -3.52. The van der Waals surface area contributed by atoms with Crippen molar-refractivity contribution in [2.24, 2.45) is 10.6 Å². The van der Waals surface area contributed by atoms with Gasteiger partial charge < -0.3 is 4.42 Å². The lowest BCUT2D eigenvalue weighted by atomic mass is 9.88. The summed E-state index contributed by atoms with van der Waals surface area (Å²) < 4.78 is 35.9. The highest BCUT2D eigenvalue weighted by Gasteiger charge is 2.32. The Morgan fingerprint density at radius 3 is 2.25 bits per heavy atom. The Balaban J connectivity index is 1.79. The van der Waals surface area contributed by atoms with Crippen LogP contribution in [0.5, 0.6) is 0 Å². The summed E-state index contributed by atoms with van der Waals surface area (Å²) in [7, 11) is -4.23. The summed E-state index contributed by atoms with van der Waals surface area (Å²) in [5.41, 5.74) is 0.702. The van der Waals surface area contributed by atoms with Crippen LogP contribution >= 0.6 is 0 Å². The lowest BCUT2D eigenvalue weighted by molar-refractivity contribution is -0.119. The van der Waals surface area contributed by atoms with Crippen molar-refractivity contribution >= 4 is 43.5 Å². The summed E-state index contributed by atoms with van der Waals surface area (Å²) in [6, 6.07) is 17.5. The summed E-state index contributed by atoms with van der Waals surface area (Å²) in [5, 5.41) is 5.62.